The predicted octanol–water partition coefficient (Wildman–Crippen LogP) is 3.59. The van der Waals surface area contributed by atoms with Gasteiger partial charge >= 0.3 is 0 Å². The van der Waals surface area contributed by atoms with E-state index in [1.807, 2.05) is 30.3 Å². The Bertz CT molecular complexity index is 526. The van der Waals surface area contributed by atoms with E-state index >= 15 is 0 Å². The maximum atomic E-state index is 6.29. The molecule has 0 spiro atoms. The molecule has 1 saturated carbocycles. The van der Waals surface area contributed by atoms with Gasteiger partial charge in [-0.25, -0.2) is 0 Å². The highest BCUT2D eigenvalue weighted by atomic mass is 16.5. The SMILES string of the molecule is NC(CCOc1ccccc1)C1CC1c1ccccc1. The van der Waals surface area contributed by atoms with Gasteiger partial charge in [0.2, 0.25) is 0 Å². The summed E-state index contributed by atoms with van der Waals surface area (Å²) in [5.41, 5.74) is 7.72. The van der Waals surface area contributed by atoms with E-state index in [-0.39, 0.29) is 6.04 Å². The van der Waals surface area contributed by atoms with E-state index < -0.39 is 0 Å². The molecular weight excluding hydrogens is 246 g/mol. The molecule has 0 saturated heterocycles. The van der Waals surface area contributed by atoms with Crippen molar-refractivity contribution < 1.29 is 4.74 Å². The maximum absolute atomic E-state index is 6.29. The van der Waals surface area contributed by atoms with Gasteiger partial charge in [-0.05, 0) is 42.4 Å². The minimum Gasteiger partial charge on any atom is -0.494 e. The lowest BCUT2D eigenvalue weighted by molar-refractivity contribution is 0.291. The quantitative estimate of drug-likeness (QED) is 0.868. The molecule has 2 heteroatoms. The minimum atomic E-state index is 0.240. The van der Waals surface area contributed by atoms with Gasteiger partial charge < -0.3 is 10.5 Å². The molecule has 104 valence electrons. The van der Waals surface area contributed by atoms with E-state index in [0.29, 0.717) is 18.4 Å². The second-order valence-electron chi connectivity index (χ2n) is 5.53. The average molecular weight is 267 g/mol. The van der Waals surface area contributed by atoms with Crippen LogP contribution < -0.4 is 10.5 Å². The summed E-state index contributed by atoms with van der Waals surface area (Å²) in [6, 6.07) is 20.9. The summed E-state index contributed by atoms with van der Waals surface area (Å²) in [7, 11) is 0. The normalized spacial score (nSPS) is 22.2. The Labute approximate surface area is 120 Å². The smallest absolute Gasteiger partial charge is 0.119 e. The lowest BCUT2D eigenvalue weighted by Gasteiger charge is -2.12. The lowest BCUT2D eigenvalue weighted by Crippen LogP contribution is -2.25. The summed E-state index contributed by atoms with van der Waals surface area (Å²) in [4.78, 5) is 0. The summed E-state index contributed by atoms with van der Waals surface area (Å²) in [5.74, 6) is 2.20. The zero-order valence-electron chi connectivity index (χ0n) is 11.6. The van der Waals surface area contributed by atoms with Crippen LogP contribution in [0.4, 0.5) is 0 Å². The predicted molar refractivity (Wildman–Crippen MR) is 81.8 cm³/mol. The molecule has 0 heterocycles. The van der Waals surface area contributed by atoms with Crippen molar-refractivity contribution in [3.05, 3.63) is 66.2 Å². The molecule has 1 aliphatic carbocycles. The molecule has 0 aliphatic heterocycles. The van der Waals surface area contributed by atoms with Crippen LogP contribution in [0.2, 0.25) is 0 Å². The molecule has 2 N–H and O–H groups in total. The molecule has 0 aromatic heterocycles. The van der Waals surface area contributed by atoms with Gasteiger partial charge in [-0.3, -0.25) is 0 Å². The number of hydrogen-bond donors (Lipinski definition) is 1. The number of ether oxygens (including phenoxy) is 1. The molecule has 20 heavy (non-hydrogen) atoms. The van der Waals surface area contributed by atoms with E-state index in [1.165, 1.54) is 12.0 Å². The van der Waals surface area contributed by atoms with E-state index in [4.69, 9.17) is 10.5 Å². The van der Waals surface area contributed by atoms with Crippen LogP contribution in [-0.2, 0) is 0 Å². The van der Waals surface area contributed by atoms with Crippen LogP contribution >= 0.6 is 0 Å². The van der Waals surface area contributed by atoms with Crippen molar-refractivity contribution in [2.24, 2.45) is 11.7 Å². The van der Waals surface area contributed by atoms with Gasteiger partial charge in [0.15, 0.2) is 0 Å². The molecule has 0 radical (unpaired) electrons. The summed E-state index contributed by atoms with van der Waals surface area (Å²) in [6.07, 6.45) is 2.14. The standard InChI is InChI=1S/C18H21NO/c19-18(11-12-20-15-9-5-2-6-10-15)17-13-16(17)14-7-3-1-4-8-14/h1-10,16-18H,11-13,19H2. The molecule has 0 bridgehead atoms. The van der Waals surface area contributed by atoms with Gasteiger partial charge in [0, 0.05) is 6.04 Å². The van der Waals surface area contributed by atoms with Crippen molar-refractivity contribution >= 4 is 0 Å². The van der Waals surface area contributed by atoms with Crippen molar-refractivity contribution in [2.75, 3.05) is 6.61 Å². The van der Waals surface area contributed by atoms with Crippen molar-refractivity contribution in [1.82, 2.24) is 0 Å². The Hall–Kier alpha value is -1.80. The minimum absolute atomic E-state index is 0.240. The molecule has 3 unspecified atom stereocenters. The Morgan fingerprint density at radius 3 is 2.35 bits per heavy atom. The van der Waals surface area contributed by atoms with Gasteiger partial charge in [-0.2, -0.15) is 0 Å². The van der Waals surface area contributed by atoms with E-state index in [0.717, 1.165) is 12.2 Å². The van der Waals surface area contributed by atoms with Crippen molar-refractivity contribution in [3.8, 4) is 5.75 Å². The molecule has 0 amide bonds. The average Bonchev–Trinajstić information content (AvgIpc) is 3.30. The number of para-hydroxylation sites is 1. The van der Waals surface area contributed by atoms with Crippen molar-refractivity contribution in [3.63, 3.8) is 0 Å². The summed E-state index contributed by atoms with van der Waals surface area (Å²) in [5, 5.41) is 0. The fraction of sp³-hybridized carbons (Fsp3) is 0.333. The number of hydrogen-bond acceptors (Lipinski definition) is 2. The second-order valence-corrected chi connectivity index (χ2v) is 5.53. The maximum Gasteiger partial charge on any atom is 0.119 e. The first-order chi connectivity index (χ1) is 9.84. The van der Waals surface area contributed by atoms with Crippen molar-refractivity contribution in [2.45, 2.75) is 24.8 Å². The van der Waals surface area contributed by atoms with Crippen LogP contribution in [-0.4, -0.2) is 12.6 Å². The van der Waals surface area contributed by atoms with Crippen molar-refractivity contribution in [1.29, 1.82) is 0 Å². The molecule has 3 atom stereocenters. The highest BCUT2D eigenvalue weighted by Gasteiger charge is 2.41. The van der Waals surface area contributed by atoms with Crippen LogP contribution in [0.1, 0.15) is 24.3 Å². The van der Waals surface area contributed by atoms with E-state index in [2.05, 4.69) is 30.3 Å². The topological polar surface area (TPSA) is 35.2 Å². The molecule has 1 aliphatic rings. The van der Waals surface area contributed by atoms with Gasteiger partial charge in [-0.1, -0.05) is 48.5 Å². The van der Waals surface area contributed by atoms with Crippen LogP contribution in [0, 0.1) is 5.92 Å². The van der Waals surface area contributed by atoms with E-state index in [1.54, 1.807) is 0 Å². The fourth-order valence-electron chi connectivity index (χ4n) is 2.81. The third-order valence-electron chi connectivity index (χ3n) is 4.08. The number of benzene rings is 2. The summed E-state index contributed by atoms with van der Waals surface area (Å²) < 4.78 is 5.72. The highest BCUT2D eigenvalue weighted by Crippen LogP contribution is 2.49. The van der Waals surface area contributed by atoms with Gasteiger partial charge in [0.25, 0.3) is 0 Å². The zero-order chi connectivity index (χ0) is 13.8. The summed E-state index contributed by atoms with van der Waals surface area (Å²) >= 11 is 0. The van der Waals surface area contributed by atoms with Gasteiger partial charge in [0.05, 0.1) is 6.61 Å². The third kappa shape index (κ3) is 3.20. The zero-order valence-corrected chi connectivity index (χ0v) is 11.6. The van der Waals surface area contributed by atoms with Gasteiger partial charge in [-0.15, -0.1) is 0 Å². The number of rotatable bonds is 6. The van der Waals surface area contributed by atoms with Crippen LogP contribution in [0.25, 0.3) is 0 Å². The lowest BCUT2D eigenvalue weighted by atomic mass is 10.0. The van der Waals surface area contributed by atoms with Crippen LogP contribution in [0.15, 0.2) is 60.7 Å². The molecule has 3 rings (SSSR count). The third-order valence-corrected chi connectivity index (χ3v) is 4.08. The molecule has 2 aromatic rings. The van der Waals surface area contributed by atoms with Crippen LogP contribution in [0.3, 0.4) is 0 Å². The highest BCUT2D eigenvalue weighted by molar-refractivity contribution is 5.26. The fourth-order valence-corrected chi connectivity index (χ4v) is 2.81. The first-order valence-electron chi connectivity index (χ1n) is 7.33. The molecule has 2 nitrogen and oxygen atoms in total. The number of nitrogens with two attached hydrogens (primary N) is 1. The van der Waals surface area contributed by atoms with E-state index in [9.17, 15) is 0 Å². The second kappa shape index (κ2) is 6.10. The Morgan fingerprint density at radius 1 is 1.00 bits per heavy atom. The monoisotopic (exact) mass is 267 g/mol. The first kappa shape index (κ1) is 13.2. The molecule has 2 aromatic carbocycles. The first-order valence-corrected chi connectivity index (χ1v) is 7.33. The summed E-state index contributed by atoms with van der Waals surface area (Å²) in [6.45, 7) is 0.698. The molecular formula is C18H21NO. The molecule has 1 fully saturated rings. The van der Waals surface area contributed by atoms with Gasteiger partial charge in [0.1, 0.15) is 5.75 Å². The largest absolute Gasteiger partial charge is 0.494 e. The Kier molecular flexibility index (Phi) is 4.03. The Balaban J connectivity index is 1.44. The Morgan fingerprint density at radius 2 is 1.65 bits per heavy atom. The van der Waals surface area contributed by atoms with Crippen LogP contribution in [0.5, 0.6) is 5.75 Å².